The van der Waals surface area contributed by atoms with Crippen molar-refractivity contribution in [1.29, 1.82) is 0 Å². The molecule has 0 aliphatic carbocycles. The first-order chi connectivity index (χ1) is 13.0. The summed E-state index contributed by atoms with van der Waals surface area (Å²) in [6, 6.07) is 17.1. The number of rotatable bonds is 4. The summed E-state index contributed by atoms with van der Waals surface area (Å²) in [7, 11) is 0. The number of nitrogens with zero attached hydrogens (tertiary/aromatic N) is 2. The maximum Gasteiger partial charge on any atom is 0.323 e. The van der Waals surface area contributed by atoms with E-state index in [2.05, 4.69) is 4.98 Å². The summed E-state index contributed by atoms with van der Waals surface area (Å²) in [4.78, 5) is 29.9. The molecule has 0 atom stereocenters. The molecular formula is C21H16N2O3S. The molecule has 0 unspecified atom stereocenters. The third kappa shape index (κ3) is 3.15. The Labute approximate surface area is 159 Å². The minimum Gasteiger partial charge on any atom is -0.480 e. The van der Waals surface area contributed by atoms with Crippen LogP contribution in [0.3, 0.4) is 0 Å². The van der Waals surface area contributed by atoms with E-state index in [9.17, 15) is 14.7 Å². The number of carboxylic acid groups (broad SMARTS) is 1. The summed E-state index contributed by atoms with van der Waals surface area (Å²) in [5.74, 6) is -0.709. The van der Waals surface area contributed by atoms with Gasteiger partial charge in [-0.1, -0.05) is 60.2 Å². The summed E-state index contributed by atoms with van der Waals surface area (Å²) >= 11 is 1.39. The van der Waals surface area contributed by atoms with Crippen LogP contribution in [0.25, 0.3) is 32.7 Å². The lowest BCUT2D eigenvalue weighted by Gasteiger charge is -2.11. The standard InChI is InChI=1S/C21H16N2O3S/c1-13-7-9-15(10-8-13)19-22-20-18(21(26)23(19)11-17(24)25)16(12-27-20)14-5-3-2-4-6-14/h2-10,12H,11H2,1H3,(H,24,25). The molecule has 6 heteroatoms. The lowest BCUT2D eigenvalue weighted by Crippen LogP contribution is -2.26. The first-order valence-electron chi connectivity index (χ1n) is 8.41. The largest absolute Gasteiger partial charge is 0.480 e. The highest BCUT2D eigenvalue weighted by Gasteiger charge is 2.19. The Bertz CT molecular complexity index is 1190. The van der Waals surface area contributed by atoms with Crippen LogP contribution in [0.4, 0.5) is 0 Å². The molecule has 5 nitrogen and oxygen atoms in total. The molecule has 2 heterocycles. The smallest absolute Gasteiger partial charge is 0.323 e. The molecule has 0 fully saturated rings. The van der Waals surface area contributed by atoms with Crippen LogP contribution in [0.5, 0.6) is 0 Å². The molecule has 0 saturated heterocycles. The van der Waals surface area contributed by atoms with Gasteiger partial charge in [0.25, 0.3) is 5.56 Å². The average Bonchev–Trinajstić information content (AvgIpc) is 3.09. The van der Waals surface area contributed by atoms with Crippen molar-refractivity contribution in [3.05, 3.63) is 75.9 Å². The average molecular weight is 376 g/mol. The van der Waals surface area contributed by atoms with Gasteiger partial charge in [-0.05, 0) is 12.5 Å². The predicted octanol–water partition coefficient (Wildman–Crippen LogP) is 4.19. The molecule has 2 aromatic carbocycles. The molecular weight excluding hydrogens is 360 g/mol. The van der Waals surface area contributed by atoms with Gasteiger partial charge in [-0.2, -0.15) is 0 Å². The van der Waals surface area contributed by atoms with E-state index >= 15 is 0 Å². The molecule has 4 rings (SSSR count). The van der Waals surface area contributed by atoms with Crippen molar-refractivity contribution >= 4 is 27.5 Å². The first-order valence-corrected chi connectivity index (χ1v) is 9.29. The molecule has 0 radical (unpaired) electrons. The van der Waals surface area contributed by atoms with Crippen LogP contribution in [-0.2, 0) is 11.3 Å². The van der Waals surface area contributed by atoms with Crippen molar-refractivity contribution in [2.75, 3.05) is 0 Å². The Hall–Kier alpha value is -3.25. The highest BCUT2D eigenvalue weighted by atomic mass is 32.1. The van der Waals surface area contributed by atoms with Gasteiger partial charge in [-0.25, -0.2) is 4.98 Å². The Kier molecular flexibility index (Phi) is 4.33. The summed E-state index contributed by atoms with van der Waals surface area (Å²) in [6.45, 7) is 1.53. The van der Waals surface area contributed by atoms with Gasteiger partial charge in [0.1, 0.15) is 17.2 Å². The van der Waals surface area contributed by atoms with E-state index in [1.807, 2.05) is 66.9 Å². The van der Waals surface area contributed by atoms with E-state index in [-0.39, 0.29) is 5.56 Å². The minimum atomic E-state index is -1.08. The van der Waals surface area contributed by atoms with Gasteiger partial charge in [-0.15, -0.1) is 11.3 Å². The molecule has 134 valence electrons. The fraction of sp³-hybridized carbons (Fsp3) is 0.0952. The summed E-state index contributed by atoms with van der Waals surface area (Å²) < 4.78 is 1.24. The second-order valence-electron chi connectivity index (χ2n) is 6.28. The Balaban J connectivity index is 2.01. The van der Waals surface area contributed by atoms with Gasteiger partial charge < -0.3 is 5.11 Å². The quantitative estimate of drug-likeness (QED) is 0.580. The van der Waals surface area contributed by atoms with Crippen molar-refractivity contribution in [2.45, 2.75) is 13.5 Å². The zero-order chi connectivity index (χ0) is 19.0. The van der Waals surface area contributed by atoms with Gasteiger partial charge in [0, 0.05) is 16.5 Å². The molecule has 0 aliphatic heterocycles. The van der Waals surface area contributed by atoms with Crippen molar-refractivity contribution in [2.24, 2.45) is 0 Å². The Morgan fingerprint density at radius 1 is 1.07 bits per heavy atom. The van der Waals surface area contributed by atoms with Crippen LogP contribution in [0.15, 0.2) is 64.8 Å². The number of fused-ring (bicyclic) bond motifs is 1. The number of hydrogen-bond acceptors (Lipinski definition) is 4. The van der Waals surface area contributed by atoms with Crippen molar-refractivity contribution in [3.8, 4) is 22.5 Å². The highest BCUT2D eigenvalue weighted by molar-refractivity contribution is 7.17. The number of hydrogen-bond donors (Lipinski definition) is 1. The SMILES string of the molecule is Cc1ccc(-c2nc3scc(-c4ccccc4)c3c(=O)n2CC(=O)O)cc1. The summed E-state index contributed by atoms with van der Waals surface area (Å²) in [5.41, 5.74) is 3.15. The zero-order valence-corrected chi connectivity index (χ0v) is 15.4. The fourth-order valence-electron chi connectivity index (χ4n) is 3.06. The van der Waals surface area contributed by atoms with Crippen molar-refractivity contribution < 1.29 is 9.90 Å². The molecule has 27 heavy (non-hydrogen) atoms. The number of aryl methyl sites for hydroxylation is 1. The van der Waals surface area contributed by atoms with Gasteiger partial charge in [0.2, 0.25) is 0 Å². The number of aliphatic carboxylic acids is 1. The maximum absolute atomic E-state index is 13.2. The van der Waals surface area contributed by atoms with Gasteiger partial charge in [0.05, 0.1) is 5.39 Å². The van der Waals surface area contributed by atoms with E-state index in [4.69, 9.17) is 0 Å². The number of thiophene rings is 1. The molecule has 4 aromatic rings. The van der Waals surface area contributed by atoms with Crippen LogP contribution in [0.2, 0.25) is 0 Å². The van der Waals surface area contributed by atoms with E-state index < -0.39 is 12.5 Å². The Morgan fingerprint density at radius 3 is 2.44 bits per heavy atom. The second-order valence-corrected chi connectivity index (χ2v) is 7.14. The maximum atomic E-state index is 13.2. The van der Waals surface area contributed by atoms with Crippen LogP contribution in [0, 0.1) is 6.92 Å². The van der Waals surface area contributed by atoms with Crippen molar-refractivity contribution in [1.82, 2.24) is 9.55 Å². The van der Waals surface area contributed by atoms with Crippen molar-refractivity contribution in [3.63, 3.8) is 0 Å². The third-order valence-corrected chi connectivity index (χ3v) is 5.25. The summed E-state index contributed by atoms with van der Waals surface area (Å²) in [5, 5.41) is 11.7. The van der Waals surface area contributed by atoms with Crippen LogP contribution in [0.1, 0.15) is 5.56 Å². The monoisotopic (exact) mass is 376 g/mol. The molecule has 0 bridgehead atoms. The molecule has 0 aliphatic rings. The molecule has 2 aromatic heterocycles. The lowest BCUT2D eigenvalue weighted by molar-refractivity contribution is -0.137. The third-order valence-electron chi connectivity index (χ3n) is 4.38. The van der Waals surface area contributed by atoms with E-state index in [0.29, 0.717) is 16.0 Å². The van der Waals surface area contributed by atoms with E-state index in [1.165, 1.54) is 15.9 Å². The fourth-order valence-corrected chi connectivity index (χ4v) is 4.00. The first kappa shape index (κ1) is 17.2. The number of benzene rings is 2. The van der Waals surface area contributed by atoms with Crippen LogP contribution in [-0.4, -0.2) is 20.6 Å². The summed E-state index contributed by atoms with van der Waals surface area (Å²) in [6.07, 6.45) is 0. The predicted molar refractivity (Wildman–Crippen MR) is 107 cm³/mol. The van der Waals surface area contributed by atoms with E-state index in [1.54, 1.807) is 0 Å². The van der Waals surface area contributed by atoms with Gasteiger partial charge in [-0.3, -0.25) is 14.2 Å². The highest BCUT2D eigenvalue weighted by Crippen LogP contribution is 2.32. The molecule has 0 amide bonds. The molecule has 0 spiro atoms. The van der Waals surface area contributed by atoms with Gasteiger partial charge in [0.15, 0.2) is 0 Å². The molecule has 0 saturated carbocycles. The molecule has 1 N–H and O–H groups in total. The number of carboxylic acids is 1. The normalized spacial score (nSPS) is 11.0. The van der Waals surface area contributed by atoms with Crippen LogP contribution < -0.4 is 5.56 Å². The zero-order valence-electron chi connectivity index (χ0n) is 14.5. The lowest BCUT2D eigenvalue weighted by atomic mass is 10.1. The minimum absolute atomic E-state index is 0.335. The van der Waals surface area contributed by atoms with E-state index in [0.717, 1.165) is 22.3 Å². The van der Waals surface area contributed by atoms with Crippen LogP contribution >= 0.6 is 11.3 Å². The topological polar surface area (TPSA) is 72.2 Å². The number of aromatic nitrogens is 2. The number of carbonyl (C=O) groups is 1. The Morgan fingerprint density at radius 2 is 1.78 bits per heavy atom. The second kappa shape index (κ2) is 6.81. The van der Waals surface area contributed by atoms with Gasteiger partial charge >= 0.3 is 5.97 Å².